The molecule has 0 aliphatic carbocycles. The Morgan fingerprint density at radius 3 is 2.34 bits per heavy atom. The normalized spacial score (nSPS) is 16.6. The van der Waals surface area contributed by atoms with Gasteiger partial charge in [-0.25, -0.2) is 21.9 Å². The maximum atomic E-state index is 14.0. The quantitative estimate of drug-likeness (QED) is 0.367. The van der Waals surface area contributed by atoms with Crippen LogP contribution in [0.25, 0.3) is 4.91 Å². The molecule has 0 unspecified atom stereocenters. The lowest BCUT2D eigenvalue weighted by molar-refractivity contribution is -0.138. The number of nitrogens with one attached hydrogen (secondary N) is 2. The van der Waals surface area contributed by atoms with E-state index < -0.39 is 50.6 Å². The summed E-state index contributed by atoms with van der Waals surface area (Å²) >= 11 is 5.99. The number of ether oxygens (including phenoxy) is 1. The Morgan fingerprint density at radius 2 is 1.78 bits per heavy atom. The van der Waals surface area contributed by atoms with Crippen LogP contribution in [-0.2, 0) is 31.0 Å². The third kappa shape index (κ3) is 8.46. The van der Waals surface area contributed by atoms with Gasteiger partial charge in [0.15, 0.2) is 0 Å². The average Bonchev–Trinajstić information content (AvgIpc) is 3.01. The van der Waals surface area contributed by atoms with Crippen LogP contribution < -0.4 is 15.8 Å². The summed E-state index contributed by atoms with van der Waals surface area (Å²) in [5.74, 6) is -2.79. The number of halogens is 4. The largest absolute Gasteiger partial charge is 0.374 e. The van der Waals surface area contributed by atoms with Gasteiger partial charge in [-0.2, -0.15) is 0 Å². The highest BCUT2D eigenvalue weighted by molar-refractivity contribution is 7.99. The van der Waals surface area contributed by atoms with E-state index in [0.717, 1.165) is 6.07 Å². The number of hydrogen-bond acceptors (Lipinski definition) is 6. The van der Waals surface area contributed by atoms with Crippen LogP contribution in [0.5, 0.6) is 0 Å². The zero-order valence-corrected chi connectivity index (χ0v) is 25.6. The third-order valence-electron chi connectivity index (χ3n) is 6.31. The molecule has 0 saturated carbocycles. The van der Waals surface area contributed by atoms with Crippen LogP contribution in [0.4, 0.5) is 8.78 Å². The van der Waals surface area contributed by atoms with E-state index >= 15 is 0 Å². The van der Waals surface area contributed by atoms with Crippen LogP contribution in [0, 0.1) is 11.6 Å². The van der Waals surface area contributed by atoms with Crippen molar-refractivity contribution in [1.82, 2.24) is 14.9 Å². The minimum atomic E-state index is -3.92. The molecule has 0 saturated heterocycles. The lowest BCUT2D eigenvalue weighted by Crippen LogP contribution is -2.57. The van der Waals surface area contributed by atoms with E-state index in [2.05, 4.69) is 10.0 Å². The molecule has 9 nitrogen and oxygen atoms in total. The Labute approximate surface area is 249 Å². The summed E-state index contributed by atoms with van der Waals surface area (Å²) in [5, 5.41) is 2.99. The van der Waals surface area contributed by atoms with E-state index in [1.165, 1.54) is 31.9 Å². The lowest BCUT2D eigenvalue weighted by atomic mass is 9.92. The van der Waals surface area contributed by atoms with Crippen molar-refractivity contribution in [1.29, 1.82) is 0 Å². The minimum Gasteiger partial charge on any atom is -0.374 e. The number of carbonyl (C=O) groups is 2. The van der Waals surface area contributed by atoms with Gasteiger partial charge in [0.05, 0.1) is 29.2 Å². The Hall–Kier alpha value is -2.61. The number of nitrogens with zero attached hydrogens (tertiary/aromatic N) is 1. The number of amides is 2. The fraction of sp³-hybridized carbons (Fsp3) is 0.407. The summed E-state index contributed by atoms with van der Waals surface area (Å²) < 4.78 is 61.6. The van der Waals surface area contributed by atoms with Crippen molar-refractivity contribution in [2.75, 3.05) is 20.2 Å². The molecule has 3 rings (SSSR count). The van der Waals surface area contributed by atoms with Crippen molar-refractivity contribution in [2.24, 2.45) is 5.73 Å². The molecule has 0 spiro atoms. The van der Waals surface area contributed by atoms with E-state index in [1.807, 2.05) is 0 Å². The lowest BCUT2D eigenvalue weighted by Gasteiger charge is -2.30. The number of likely N-dealkylation sites (N-methyl/N-ethyl adjacent to an activating group) is 1. The maximum Gasteiger partial charge on any atom is 0.247 e. The van der Waals surface area contributed by atoms with Gasteiger partial charge in [0.25, 0.3) is 0 Å². The molecule has 0 radical (unpaired) electrons. The first kappa shape index (κ1) is 34.6. The second kappa shape index (κ2) is 13.1. The molecule has 1 aliphatic rings. The Bertz CT molecular complexity index is 1430. The number of nitrogens with two attached hydrogens (primary N) is 1. The van der Waals surface area contributed by atoms with Crippen LogP contribution in [0.15, 0.2) is 48.0 Å². The van der Waals surface area contributed by atoms with Crippen molar-refractivity contribution in [3.8, 4) is 0 Å². The van der Waals surface area contributed by atoms with Crippen LogP contribution in [0.3, 0.4) is 0 Å². The van der Waals surface area contributed by atoms with E-state index in [9.17, 15) is 26.8 Å². The fourth-order valence-electron chi connectivity index (χ4n) is 4.12. The highest BCUT2D eigenvalue weighted by atomic mass is 35.5. The molecule has 0 aromatic heterocycles. The zero-order chi connectivity index (χ0) is 30.0. The molecule has 4 N–H and O–H groups in total. The first-order valence-corrected chi connectivity index (χ1v) is 14.2. The summed E-state index contributed by atoms with van der Waals surface area (Å²) in [4.78, 5) is 27.5. The number of benzene rings is 2. The summed E-state index contributed by atoms with van der Waals surface area (Å²) in [6.45, 7) is 5.52. The van der Waals surface area contributed by atoms with Crippen molar-refractivity contribution in [2.45, 2.75) is 51.4 Å². The summed E-state index contributed by atoms with van der Waals surface area (Å²) in [7, 11) is -2.46. The SMILES string of the molecule is CN(CC1=C(c2ccc(Cl)cc2)S(=O)(=O)NC1(C)C)C(=O)[C@@H](COCc1ccc(F)cc1F)NC(=O)C(C)(C)N.Cl. The van der Waals surface area contributed by atoms with Crippen LogP contribution in [0.1, 0.15) is 38.8 Å². The molecule has 0 bridgehead atoms. The average molecular weight is 636 g/mol. The van der Waals surface area contributed by atoms with Gasteiger partial charge in [-0.3, -0.25) is 9.59 Å². The molecule has 1 aliphatic heterocycles. The fourth-order valence-corrected chi connectivity index (χ4v) is 6.23. The summed E-state index contributed by atoms with van der Waals surface area (Å²) in [5.41, 5.74) is 4.42. The molecule has 0 fully saturated rings. The van der Waals surface area contributed by atoms with Gasteiger partial charge in [-0.1, -0.05) is 29.8 Å². The smallest absolute Gasteiger partial charge is 0.247 e. The van der Waals surface area contributed by atoms with Gasteiger partial charge in [-0.05, 0) is 57.0 Å². The van der Waals surface area contributed by atoms with E-state index in [1.54, 1.807) is 38.1 Å². The number of carbonyl (C=O) groups excluding carboxylic acids is 2. The molecule has 226 valence electrons. The van der Waals surface area contributed by atoms with Gasteiger partial charge in [-0.15, -0.1) is 12.4 Å². The first-order valence-electron chi connectivity index (χ1n) is 12.3. The van der Waals surface area contributed by atoms with Crippen molar-refractivity contribution >= 4 is 50.8 Å². The Morgan fingerprint density at radius 1 is 1.17 bits per heavy atom. The molecule has 2 aromatic carbocycles. The van der Waals surface area contributed by atoms with Crippen LogP contribution >= 0.6 is 24.0 Å². The number of sulfonamides is 1. The molecule has 1 heterocycles. The van der Waals surface area contributed by atoms with Gasteiger partial charge in [0.2, 0.25) is 21.8 Å². The second-order valence-electron chi connectivity index (χ2n) is 10.7. The van der Waals surface area contributed by atoms with E-state index in [0.29, 0.717) is 22.2 Å². The standard InChI is InChI=1S/C27H33ClF2N4O5S.ClH/c1-26(2,31)25(36)32-22(15-39-14-17-8-11-19(29)12-21(17)30)24(35)34(5)13-20-23(16-6-9-18(28)10-7-16)40(37,38)33-27(20,3)4;/h6-12,22,33H,13-15,31H2,1-5H3,(H,32,36);1H/t22-;/m1./s1. The maximum absolute atomic E-state index is 14.0. The van der Waals surface area contributed by atoms with Crippen LogP contribution in [-0.4, -0.2) is 62.5 Å². The Balaban J connectivity index is 0.00000588. The summed E-state index contributed by atoms with van der Waals surface area (Å²) in [6, 6.07) is 8.06. The second-order valence-corrected chi connectivity index (χ2v) is 12.8. The van der Waals surface area contributed by atoms with E-state index in [4.69, 9.17) is 22.1 Å². The first-order chi connectivity index (χ1) is 18.4. The topological polar surface area (TPSA) is 131 Å². The van der Waals surface area contributed by atoms with Crippen molar-refractivity contribution < 1.29 is 31.5 Å². The Kier molecular flexibility index (Phi) is 11.1. The van der Waals surface area contributed by atoms with Gasteiger partial charge in [0, 0.05) is 30.2 Å². The van der Waals surface area contributed by atoms with Crippen molar-refractivity contribution in [3.05, 3.63) is 75.8 Å². The van der Waals surface area contributed by atoms with Gasteiger partial charge >= 0.3 is 0 Å². The third-order valence-corrected chi connectivity index (χ3v) is 8.36. The highest BCUT2D eigenvalue weighted by Crippen LogP contribution is 2.38. The van der Waals surface area contributed by atoms with E-state index in [-0.39, 0.29) is 42.6 Å². The number of hydrogen-bond donors (Lipinski definition) is 3. The molecule has 14 heteroatoms. The molecular formula is C27H34Cl2F2N4O5S. The summed E-state index contributed by atoms with van der Waals surface area (Å²) in [6.07, 6.45) is 0. The van der Waals surface area contributed by atoms with Crippen molar-refractivity contribution in [3.63, 3.8) is 0 Å². The predicted octanol–water partition coefficient (Wildman–Crippen LogP) is 3.36. The monoisotopic (exact) mass is 634 g/mol. The molecule has 2 amide bonds. The zero-order valence-electron chi connectivity index (χ0n) is 23.3. The predicted molar refractivity (Wildman–Crippen MR) is 156 cm³/mol. The number of rotatable bonds is 10. The minimum absolute atomic E-state index is 0. The molecule has 1 atom stereocenters. The van der Waals surface area contributed by atoms with Crippen LogP contribution in [0.2, 0.25) is 5.02 Å². The molecule has 41 heavy (non-hydrogen) atoms. The molecular weight excluding hydrogens is 601 g/mol. The highest BCUT2D eigenvalue weighted by Gasteiger charge is 2.44. The molecule has 2 aromatic rings. The van der Waals surface area contributed by atoms with Gasteiger partial charge in [0.1, 0.15) is 17.7 Å². The van der Waals surface area contributed by atoms with Gasteiger partial charge < -0.3 is 20.7 Å².